The van der Waals surface area contributed by atoms with E-state index in [2.05, 4.69) is 30.8 Å². The number of ether oxygens (including phenoxy) is 1. The topological polar surface area (TPSA) is 74.6 Å². The first kappa shape index (κ1) is 17.6. The number of aliphatic hydroxyl groups excluding tert-OH is 1. The van der Waals surface area contributed by atoms with Crippen LogP contribution in [0.1, 0.15) is 17.8 Å². The Balaban J connectivity index is 1.71. The van der Waals surface area contributed by atoms with Gasteiger partial charge in [0.25, 0.3) is 0 Å². The Morgan fingerprint density at radius 1 is 1.24 bits per heavy atom. The largest absolute Gasteiger partial charge is 0.481 e. The third-order valence-corrected chi connectivity index (χ3v) is 4.49. The average molecular weight is 343 g/mol. The van der Waals surface area contributed by atoms with Gasteiger partial charge in [-0.1, -0.05) is 6.07 Å². The second-order valence-electron chi connectivity index (χ2n) is 6.25. The zero-order chi connectivity index (χ0) is 17.6. The Hall–Kier alpha value is -2.25. The normalized spacial score (nSPS) is 18.4. The van der Waals surface area contributed by atoms with Crippen molar-refractivity contribution >= 4 is 5.95 Å². The summed E-state index contributed by atoms with van der Waals surface area (Å²) >= 11 is 0. The molecule has 0 aromatic carbocycles. The van der Waals surface area contributed by atoms with Crippen LogP contribution >= 0.6 is 0 Å². The molecule has 1 fully saturated rings. The van der Waals surface area contributed by atoms with Gasteiger partial charge >= 0.3 is 0 Å². The zero-order valence-corrected chi connectivity index (χ0v) is 14.8. The summed E-state index contributed by atoms with van der Waals surface area (Å²) in [6.45, 7) is 5.45. The van der Waals surface area contributed by atoms with E-state index in [-0.39, 0.29) is 12.6 Å². The average Bonchev–Trinajstić information content (AvgIpc) is 2.63. The molecule has 0 aliphatic carbocycles. The van der Waals surface area contributed by atoms with Crippen molar-refractivity contribution in [1.29, 1.82) is 0 Å². The molecule has 2 aromatic heterocycles. The van der Waals surface area contributed by atoms with Crippen molar-refractivity contribution in [2.75, 3.05) is 38.3 Å². The Bertz CT molecular complexity index is 697. The number of anilines is 1. The molecule has 1 N–H and O–H groups in total. The fraction of sp³-hybridized carbons (Fsp3) is 0.500. The number of pyridine rings is 1. The molecule has 0 spiro atoms. The molecule has 7 nitrogen and oxygen atoms in total. The second kappa shape index (κ2) is 8.22. The minimum absolute atomic E-state index is 0.162. The highest BCUT2D eigenvalue weighted by Crippen LogP contribution is 2.20. The molecule has 0 saturated carbocycles. The first-order valence-corrected chi connectivity index (χ1v) is 8.59. The quantitative estimate of drug-likeness (QED) is 0.846. The van der Waals surface area contributed by atoms with E-state index in [9.17, 15) is 5.11 Å². The third kappa shape index (κ3) is 4.43. The molecule has 1 aliphatic rings. The Labute approximate surface area is 148 Å². The summed E-state index contributed by atoms with van der Waals surface area (Å²) in [7, 11) is 1.60. The number of aromatic nitrogens is 3. The number of piperazine rings is 1. The molecular formula is C18H25N5O2. The number of aryl methyl sites for hydroxylation is 1. The van der Waals surface area contributed by atoms with E-state index in [0.29, 0.717) is 18.2 Å². The maximum atomic E-state index is 9.47. The highest BCUT2D eigenvalue weighted by atomic mass is 16.5. The third-order valence-electron chi connectivity index (χ3n) is 4.49. The van der Waals surface area contributed by atoms with Crippen molar-refractivity contribution in [2.24, 2.45) is 0 Å². The van der Waals surface area contributed by atoms with Crippen molar-refractivity contribution in [3.05, 3.63) is 41.9 Å². The maximum Gasteiger partial charge on any atom is 0.228 e. The lowest BCUT2D eigenvalue weighted by molar-refractivity contribution is 0.133. The van der Waals surface area contributed by atoms with E-state index in [4.69, 9.17) is 4.74 Å². The van der Waals surface area contributed by atoms with Crippen LogP contribution in [0.2, 0.25) is 0 Å². The number of methoxy groups -OCH3 is 1. The van der Waals surface area contributed by atoms with Crippen LogP contribution in [-0.4, -0.2) is 64.4 Å². The molecule has 25 heavy (non-hydrogen) atoms. The van der Waals surface area contributed by atoms with Crippen molar-refractivity contribution in [1.82, 2.24) is 19.9 Å². The number of hydrogen-bond acceptors (Lipinski definition) is 7. The summed E-state index contributed by atoms with van der Waals surface area (Å²) in [5, 5.41) is 9.47. The van der Waals surface area contributed by atoms with E-state index in [1.807, 2.05) is 19.1 Å². The molecule has 0 bridgehead atoms. The summed E-state index contributed by atoms with van der Waals surface area (Å²) in [4.78, 5) is 17.9. The van der Waals surface area contributed by atoms with Crippen LogP contribution in [0.4, 0.5) is 5.95 Å². The van der Waals surface area contributed by atoms with Gasteiger partial charge in [0, 0.05) is 56.8 Å². The Kier molecular flexibility index (Phi) is 5.78. The van der Waals surface area contributed by atoms with E-state index in [1.54, 1.807) is 19.4 Å². The van der Waals surface area contributed by atoms with Gasteiger partial charge in [0.15, 0.2) is 0 Å². The SMILES string of the molecule is COc1ccnc(N2CCN(Cc3cccc(C)n3)C(CCO)C2)n1. The predicted octanol–water partition coefficient (Wildman–Crippen LogP) is 1.26. The minimum atomic E-state index is 0.162. The van der Waals surface area contributed by atoms with Gasteiger partial charge in [0.05, 0.1) is 12.8 Å². The highest BCUT2D eigenvalue weighted by molar-refractivity contribution is 5.33. The summed E-state index contributed by atoms with van der Waals surface area (Å²) in [5.74, 6) is 1.24. The van der Waals surface area contributed by atoms with Crippen LogP contribution in [0.5, 0.6) is 5.88 Å². The number of rotatable bonds is 6. The van der Waals surface area contributed by atoms with E-state index in [1.165, 1.54) is 0 Å². The van der Waals surface area contributed by atoms with Crippen LogP contribution < -0.4 is 9.64 Å². The van der Waals surface area contributed by atoms with Gasteiger partial charge in [-0.2, -0.15) is 4.98 Å². The van der Waals surface area contributed by atoms with Crippen molar-refractivity contribution in [3.8, 4) is 5.88 Å². The van der Waals surface area contributed by atoms with Crippen molar-refractivity contribution in [3.63, 3.8) is 0 Å². The lowest BCUT2D eigenvalue weighted by Gasteiger charge is -2.41. The Morgan fingerprint density at radius 3 is 2.88 bits per heavy atom. The molecule has 3 rings (SSSR count). The fourth-order valence-electron chi connectivity index (χ4n) is 3.20. The summed E-state index contributed by atoms with van der Waals surface area (Å²) in [6.07, 6.45) is 2.43. The molecule has 3 heterocycles. The fourth-order valence-corrected chi connectivity index (χ4v) is 3.20. The Morgan fingerprint density at radius 2 is 2.12 bits per heavy atom. The van der Waals surface area contributed by atoms with Gasteiger partial charge in [0.2, 0.25) is 11.8 Å². The highest BCUT2D eigenvalue weighted by Gasteiger charge is 2.28. The molecule has 1 unspecified atom stereocenters. The van der Waals surface area contributed by atoms with Crippen LogP contribution in [-0.2, 0) is 6.54 Å². The molecule has 1 atom stereocenters. The smallest absolute Gasteiger partial charge is 0.228 e. The molecule has 2 aromatic rings. The van der Waals surface area contributed by atoms with Crippen LogP contribution in [0.15, 0.2) is 30.5 Å². The molecule has 0 amide bonds. The first-order chi connectivity index (χ1) is 12.2. The number of hydrogen-bond donors (Lipinski definition) is 1. The predicted molar refractivity (Wildman–Crippen MR) is 95.7 cm³/mol. The van der Waals surface area contributed by atoms with Gasteiger partial charge < -0.3 is 14.7 Å². The molecule has 1 saturated heterocycles. The lowest BCUT2D eigenvalue weighted by atomic mass is 10.1. The molecular weight excluding hydrogens is 318 g/mol. The summed E-state index contributed by atoms with van der Waals surface area (Å²) in [5.41, 5.74) is 2.09. The molecule has 0 radical (unpaired) electrons. The van der Waals surface area contributed by atoms with E-state index >= 15 is 0 Å². The number of nitrogens with zero attached hydrogens (tertiary/aromatic N) is 5. The van der Waals surface area contributed by atoms with Crippen LogP contribution in [0, 0.1) is 6.92 Å². The van der Waals surface area contributed by atoms with E-state index < -0.39 is 0 Å². The number of aliphatic hydroxyl groups is 1. The first-order valence-electron chi connectivity index (χ1n) is 8.59. The van der Waals surface area contributed by atoms with Crippen molar-refractivity contribution in [2.45, 2.75) is 25.9 Å². The van der Waals surface area contributed by atoms with Crippen molar-refractivity contribution < 1.29 is 9.84 Å². The molecule has 1 aliphatic heterocycles. The van der Waals surface area contributed by atoms with E-state index in [0.717, 1.165) is 37.6 Å². The van der Waals surface area contributed by atoms with Gasteiger partial charge in [-0.3, -0.25) is 9.88 Å². The second-order valence-corrected chi connectivity index (χ2v) is 6.25. The van der Waals surface area contributed by atoms with Crippen LogP contribution in [0.3, 0.4) is 0 Å². The summed E-state index contributed by atoms with van der Waals surface area (Å²) < 4.78 is 5.19. The summed E-state index contributed by atoms with van der Waals surface area (Å²) in [6, 6.07) is 8.08. The maximum absolute atomic E-state index is 9.47. The molecule has 7 heteroatoms. The minimum Gasteiger partial charge on any atom is -0.481 e. The van der Waals surface area contributed by atoms with Gasteiger partial charge in [-0.05, 0) is 25.5 Å². The van der Waals surface area contributed by atoms with Gasteiger partial charge in [-0.25, -0.2) is 4.98 Å². The monoisotopic (exact) mass is 343 g/mol. The standard InChI is InChI=1S/C18H25N5O2/c1-14-4-3-5-15(20-14)12-22-9-10-23(13-16(22)7-11-24)18-19-8-6-17(21-18)25-2/h3-6,8,16,24H,7,9-13H2,1-2H3. The molecule has 134 valence electrons. The van der Waals surface area contributed by atoms with Crippen LogP contribution in [0.25, 0.3) is 0 Å². The zero-order valence-electron chi connectivity index (χ0n) is 14.8. The van der Waals surface area contributed by atoms with Gasteiger partial charge in [0.1, 0.15) is 0 Å². The lowest BCUT2D eigenvalue weighted by Crippen LogP contribution is -2.53. The van der Waals surface area contributed by atoms with Gasteiger partial charge in [-0.15, -0.1) is 0 Å².